The SMILES string of the molecule is CO[C@@H](c1ccc(F)cc1)[C@H](C)Nc1ncc([N+](=O)[O-])cc1C#N. The van der Waals surface area contributed by atoms with Crippen molar-refractivity contribution in [2.75, 3.05) is 12.4 Å². The Hall–Kier alpha value is -3.05. The van der Waals surface area contributed by atoms with E-state index in [0.717, 1.165) is 17.8 Å². The molecule has 0 aliphatic carbocycles. The number of nitro groups is 1. The molecule has 0 bridgehead atoms. The van der Waals surface area contributed by atoms with Crippen LogP contribution in [-0.4, -0.2) is 23.1 Å². The molecule has 8 heteroatoms. The molecule has 0 saturated carbocycles. The number of hydrogen-bond acceptors (Lipinski definition) is 6. The van der Waals surface area contributed by atoms with E-state index in [4.69, 9.17) is 10.00 Å². The molecule has 0 fully saturated rings. The highest BCUT2D eigenvalue weighted by molar-refractivity contribution is 5.56. The molecular weight excluding hydrogens is 315 g/mol. The van der Waals surface area contributed by atoms with E-state index in [0.29, 0.717) is 0 Å². The average Bonchev–Trinajstić information content (AvgIpc) is 2.57. The van der Waals surface area contributed by atoms with E-state index in [-0.39, 0.29) is 28.9 Å². The van der Waals surface area contributed by atoms with E-state index in [2.05, 4.69) is 10.3 Å². The van der Waals surface area contributed by atoms with Gasteiger partial charge >= 0.3 is 0 Å². The van der Waals surface area contributed by atoms with Gasteiger partial charge in [-0.2, -0.15) is 5.26 Å². The molecule has 0 unspecified atom stereocenters. The summed E-state index contributed by atoms with van der Waals surface area (Å²) >= 11 is 0. The highest BCUT2D eigenvalue weighted by Gasteiger charge is 2.21. The van der Waals surface area contributed by atoms with Gasteiger partial charge in [0.2, 0.25) is 0 Å². The van der Waals surface area contributed by atoms with Crippen LogP contribution < -0.4 is 5.32 Å². The predicted octanol–water partition coefficient (Wildman–Crippen LogP) is 3.19. The Morgan fingerprint density at radius 2 is 2.08 bits per heavy atom. The molecule has 0 spiro atoms. The van der Waals surface area contributed by atoms with Crippen molar-refractivity contribution in [3.05, 3.63) is 63.6 Å². The van der Waals surface area contributed by atoms with Gasteiger partial charge in [-0.25, -0.2) is 9.37 Å². The largest absolute Gasteiger partial charge is 0.375 e. The molecule has 0 amide bonds. The summed E-state index contributed by atoms with van der Waals surface area (Å²) in [5, 5.41) is 22.9. The third-order valence-electron chi connectivity index (χ3n) is 3.48. The van der Waals surface area contributed by atoms with Gasteiger partial charge in [-0.1, -0.05) is 12.1 Å². The summed E-state index contributed by atoms with van der Waals surface area (Å²) < 4.78 is 18.5. The first-order valence-electron chi connectivity index (χ1n) is 7.05. The summed E-state index contributed by atoms with van der Waals surface area (Å²) in [5.41, 5.74) is 0.552. The number of nitrogens with one attached hydrogen (secondary N) is 1. The van der Waals surface area contributed by atoms with Crippen molar-refractivity contribution in [1.82, 2.24) is 4.98 Å². The highest BCUT2D eigenvalue weighted by Crippen LogP contribution is 2.25. The molecule has 1 aromatic heterocycles. The molecule has 0 radical (unpaired) electrons. The summed E-state index contributed by atoms with van der Waals surface area (Å²) in [6.07, 6.45) is 0.657. The van der Waals surface area contributed by atoms with E-state index in [1.165, 1.54) is 19.2 Å². The molecule has 0 aliphatic heterocycles. The van der Waals surface area contributed by atoms with Crippen molar-refractivity contribution in [2.24, 2.45) is 0 Å². The first-order chi connectivity index (χ1) is 11.5. The van der Waals surface area contributed by atoms with E-state index in [1.807, 2.05) is 13.0 Å². The second-order valence-corrected chi connectivity index (χ2v) is 5.10. The minimum absolute atomic E-state index is 0.0602. The molecule has 0 saturated heterocycles. The fourth-order valence-electron chi connectivity index (χ4n) is 2.33. The van der Waals surface area contributed by atoms with Crippen LogP contribution in [0, 0.1) is 27.3 Å². The number of pyridine rings is 1. The zero-order chi connectivity index (χ0) is 17.7. The molecule has 1 heterocycles. The van der Waals surface area contributed by atoms with E-state index < -0.39 is 11.0 Å². The molecule has 7 nitrogen and oxygen atoms in total. The number of anilines is 1. The van der Waals surface area contributed by atoms with Crippen molar-refractivity contribution in [1.29, 1.82) is 5.26 Å². The lowest BCUT2D eigenvalue weighted by atomic mass is 10.0. The maximum absolute atomic E-state index is 13.0. The molecule has 0 aliphatic rings. The predicted molar refractivity (Wildman–Crippen MR) is 84.8 cm³/mol. The Morgan fingerprint density at radius 1 is 1.42 bits per heavy atom. The lowest BCUT2D eigenvalue weighted by Crippen LogP contribution is -2.26. The van der Waals surface area contributed by atoms with Crippen molar-refractivity contribution >= 4 is 11.5 Å². The lowest BCUT2D eigenvalue weighted by molar-refractivity contribution is -0.385. The molecule has 24 heavy (non-hydrogen) atoms. The Kier molecular flexibility index (Phi) is 5.39. The number of nitrogens with zero attached hydrogens (tertiary/aromatic N) is 3. The number of rotatable bonds is 6. The van der Waals surface area contributed by atoms with Crippen LogP contribution in [0.3, 0.4) is 0 Å². The molecule has 1 aromatic carbocycles. The topological polar surface area (TPSA) is 101 Å². The van der Waals surface area contributed by atoms with Crippen molar-refractivity contribution in [3.63, 3.8) is 0 Å². The summed E-state index contributed by atoms with van der Waals surface area (Å²) in [7, 11) is 1.51. The number of aromatic nitrogens is 1. The van der Waals surface area contributed by atoms with Crippen LogP contribution in [0.2, 0.25) is 0 Å². The number of methoxy groups -OCH3 is 1. The number of hydrogen-bond donors (Lipinski definition) is 1. The van der Waals surface area contributed by atoms with Gasteiger partial charge in [0.1, 0.15) is 35.6 Å². The molecule has 2 rings (SSSR count). The van der Waals surface area contributed by atoms with Crippen LogP contribution in [0.1, 0.15) is 24.2 Å². The summed E-state index contributed by atoms with van der Waals surface area (Å²) in [6, 6.07) is 8.60. The second-order valence-electron chi connectivity index (χ2n) is 5.10. The fraction of sp³-hybridized carbons (Fsp3) is 0.250. The Balaban J connectivity index is 2.24. The van der Waals surface area contributed by atoms with Gasteiger partial charge in [-0.15, -0.1) is 0 Å². The number of halogens is 1. The summed E-state index contributed by atoms with van der Waals surface area (Å²) in [4.78, 5) is 14.1. The Bertz CT molecular complexity index is 774. The maximum Gasteiger partial charge on any atom is 0.289 e. The maximum atomic E-state index is 13.0. The first-order valence-corrected chi connectivity index (χ1v) is 7.05. The van der Waals surface area contributed by atoms with E-state index >= 15 is 0 Å². The third kappa shape index (κ3) is 3.83. The summed E-state index contributed by atoms with van der Waals surface area (Å²) in [6.45, 7) is 1.81. The van der Waals surface area contributed by atoms with Gasteiger partial charge < -0.3 is 10.1 Å². The van der Waals surface area contributed by atoms with Gasteiger partial charge in [-0.05, 0) is 24.6 Å². The van der Waals surface area contributed by atoms with Gasteiger partial charge in [-0.3, -0.25) is 10.1 Å². The van der Waals surface area contributed by atoms with Crippen LogP contribution in [-0.2, 0) is 4.74 Å². The zero-order valence-corrected chi connectivity index (χ0v) is 13.1. The number of ether oxygens (including phenoxy) is 1. The van der Waals surface area contributed by atoms with Crippen LogP contribution in [0.4, 0.5) is 15.9 Å². The standard InChI is InChI=1S/C16H15FN4O3/c1-10(15(24-2)11-3-5-13(17)6-4-11)20-16-12(8-18)7-14(9-19-16)21(22)23/h3-7,9-10,15H,1-2H3,(H,19,20)/t10-,15+/m0/s1. The van der Waals surface area contributed by atoms with Gasteiger partial charge in [0.05, 0.1) is 11.0 Å². The van der Waals surface area contributed by atoms with Crippen LogP contribution >= 0.6 is 0 Å². The third-order valence-corrected chi connectivity index (χ3v) is 3.48. The first kappa shape index (κ1) is 17.3. The van der Waals surface area contributed by atoms with Crippen molar-refractivity contribution in [2.45, 2.75) is 19.1 Å². The van der Waals surface area contributed by atoms with Gasteiger partial charge in [0.25, 0.3) is 5.69 Å². The smallest absolute Gasteiger partial charge is 0.289 e. The molecule has 124 valence electrons. The monoisotopic (exact) mass is 330 g/mol. The van der Waals surface area contributed by atoms with Crippen LogP contribution in [0.5, 0.6) is 0 Å². The highest BCUT2D eigenvalue weighted by atomic mass is 19.1. The molecule has 2 aromatic rings. The van der Waals surface area contributed by atoms with Gasteiger partial charge in [0.15, 0.2) is 0 Å². The van der Waals surface area contributed by atoms with Crippen LogP contribution in [0.15, 0.2) is 36.5 Å². The number of benzene rings is 1. The Morgan fingerprint density at radius 3 is 2.62 bits per heavy atom. The Labute approximate surface area is 137 Å². The lowest BCUT2D eigenvalue weighted by Gasteiger charge is -2.24. The fourth-order valence-corrected chi connectivity index (χ4v) is 2.33. The normalized spacial score (nSPS) is 12.9. The van der Waals surface area contributed by atoms with E-state index in [9.17, 15) is 14.5 Å². The van der Waals surface area contributed by atoms with Crippen LogP contribution in [0.25, 0.3) is 0 Å². The van der Waals surface area contributed by atoms with Gasteiger partial charge in [0, 0.05) is 13.2 Å². The molecule has 2 atom stereocenters. The minimum Gasteiger partial charge on any atom is -0.375 e. The average molecular weight is 330 g/mol. The van der Waals surface area contributed by atoms with Crippen molar-refractivity contribution < 1.29 is 14.1 Å². The van der Waals surface area contributed by atoms with E-state index in [1.54, 1.807) is 12.1 Å². The zero-order valence-electron chi connectivity index (χ0n) is 13.1. The number of nitriles is 1. The molecular formula is C16H15FN4O3. The minimum atomic E-state index is -0.614. The summed E-state index contributed by atoms with van der Waals surface area (Å²) in [5.74, 6) is -0.127. The molecule has 1 N–H and O–H groups in total. The second kappa shape index (κ2) is 7.48. The van der Waals surface area contributed by atoms with Crippen molar-refractivity contribution in [3.8, 4) is 6.07 Å². The quantitative estimate of drug-likeness (QED) is 0.645.